The molecule has 1 saturated heterocycles. The molecule has 0 aromatic heterocycles. The number of hydrogen-bond donors (Lipinski definition) is 0. The Morgan fingerprint density at radius 1 is 1.21 bits per heavy atom. The Morgan fingerprint density at radius 3 is 2.68 bits per heavy atom. The van der Waals surface area contributed by atoms with Gasteiger partial charge in [-0.1, -0.05) is 69.0 Å². The number of hydrogen-bond acceptors (Lipinski definition) is 4. The lowest BCUT2D eigenvalue weighted by atomic mass is 9.87. The molecule has 3 nitrogen and oxygen atoms in total. The van der Waals surface area contributed by atoms with Crippen molar-refractivity contribution in [3.8, 4) is 0 Å². The van der Waals surface area contributed by atoms with E-state index in [0.29, 0.717) is 5.09 Å². The second-order valence-corrected chi connectivity index (χ2v) is 9.44. The van der Waals surface area contributed by atoms with Gasteiger partial charge in [-0.3, -0.25) is 0 Å². The lowest BCUT2D eigenvalue weighted by Crippen LogP contribution is -2.28. The average Bonchev–Trinajstić information content (AvgIpc) is 2.67. The van der Waals surface area contributed by atoms with Crippen molar-refractivity contribution in [2.45, 2.75) is 70.0 Å². The normalized spacial score (nSPS) is 22.6. The molecule has 2 atom stereocenters. The highest BCUT2D eigenvalue weighted by Crippen LogP contribution is 2.29. The monoisotopic (exact) mass is 400 g/mol. The lowest BCUT2D eigenvalue weighted by molar-refractivity contribution is -0.179. The topological polar surface area (TPSA) is 27.7 Å². The van der Waals surface area contributed by atoms with Crippen molar-refractivity contribution in [1.82, 2.24) is 0 Å². The molecule has 0 N–H and O–H groups in total. The second kappa shape index (κ2) is 9.82. The number of benzene rings is 1. The van der Waals surface area contributed by atoms with Gasteiger partial charge in [0.2, 0.25) is 0 Å². The van der Waals surface area contributed by atoms with E-state index in [0.717, 1.165) is 37.4 Å². The zero-order valence-electron chi connectivity index (χ0n) is 17.3. The summed E-state index contributed by atoms with van der Waals surface area (Å²) in [6.07, 6.45) is 9.96. The van der Waals surface area contributed by atoms with Crippen LogP contribution in [0.15, 0.2) is 59.9 Å². The Labute approximate surface area is 173 Å². The van der Waals surface area contributed by atoms with Gasteiger partial charge in [-0.15, -0.1) is 0 Å². The minimum atomic E-state index is -0.0867. The van der Waals surface area contributed by atoms with Crippen LogP contribution in [0, 0.1) is 0 Å². The van der Waals surface area contributed by atoms with Gasteiger partial charge in [-0.2, -0.15) is 0 Å². The van der Waals surface area contributed by atoms with Gasteiger partial charge in [0.15, 0.2) is 11.4 Å². The van der Waals surface area contributed by atoms with Crippen LogP contribution in [-0.4, -0.2) is 19.0 Å². The standard InChI is InChI=1S/C24H32O3S/c1-18(28-17-19-11-13-20(14-12-19)24(2,3)4)26-21-8-7-9-22(16-21)27-23-10-5-6-15-25-23/h7-9,11-14,22-23H,1,5-6,10,15-17H2,2-4H3. The fourth-order valence-electron chi connectivity index (χ4n) is 3.24. The zero-order chi connectivity index (χ0) is 20.0. The van der Waals surface area contributed by atoms with Gasteiger partial charge < -0.3 is 14.2 Å². The van der Waals surface area contributed by atoms with Crippen molar-refractivity contribution < 1.29 is 14.2 Å². The molecular weight excluding hydrogens is 368 g/mol. The highest BCUT2D eigenvalue weighted by Gasteiger charge is 2.21. The first-order valence-electron chi connectivity index (χ1n) is 10.1. The van der Waals surface area contributed by atoms with E-state index >= 15 is 0 Å². The van der Waals surface area contributed by atoms with Crippen LogP contribution in [0.1, 0.15) is 57.6 Å². The van der Waals surface area contributed by atoms with Crippen molar-refractivity contribution in [3.05, 3.63) is 71.0 Å². The third-order valence-corrected chi connectivity index (χ3v) is 5.82. The average molecular weight is 401 g/mol. The van der Waals surface area contributed by atoms with E-state index < -0.39 is 0 Å². The summed E-state index contributed by atoms with van der Waals surface area (Å²) in [6.45, 7) is 11.6. The van der Waals surface area contributed by atoms with Crippen molar-refractivity contribution in [1.29, 1.82) is 0 Å². The number of allylic oxidation sites excluding steroid dienone is 2. The van der Waals surface area contributed by atoms with Crippen LogP contribution in [-0.2, 0) is 25.4 Å². The van der Waals surface area contributed by atoms with Gasteiger partial charge in [-0.05, 0) is 48.5 Å². The maximum absolute atomic E-state index is 6.05. The van der Waals surface area contributed by atoms with E-state index in [9.17, 15) is 0 Å². The van der Waals surface area contributed by atoms with Crippen LogP contribution >= 0.6 is 11.8 Å². The van der Waals surface area contributed by atoms with Crippen molar-refractivity contribution in [2.24, 2.45) is 0 Å². The molecule has 1 aromatic rings. The Bertz CT molecular complexity index is 706. The fraction of sp³-hybridized carbons (Fsp3) is 0.500. The quantitative estimate of drug-likeness (QED) is 0.491. The predicted molar refractivity (Wildman–Crippen MR) is 117 cm³/mol. The summed E-state index contributed by atoms with van der Waals surface area (Å²) in [5.74, 6) is 1.74. The van der Waals surface area contributed by atoms with Crippen LogP contribution in [0.4, 0.5) is 0 Å². The molecule has 1 heterocycles. The molecule has 1 aromatic carbocycles. The third-order valence-electron chi connectivity index (χ3n) is 4.94. The van der Waals surface area contributed by atoms with Crippen molar-refractivity contribution >= 4 is 11.8 Å². The molecule has 4 heteroatoms. The number of thioether (sulfide) groups is 1. The molecule has 0 saturated carbocycles. The molecule has 1 aliphatic heterocycles. The van der Waals surface area contributed by atoms with Crippen LogP contribution < -0.4 is 0 Å². The SMILES string of the molecule is C=C(OC1=CC=CC(OC2CCCCO2)C1)SCc1ccc(C(C)(C)C)cc1. The molecule has 0 amide bonds. The molecular formula is C24H32O3S. The van der Waals surface area contributed by atoms with E-state index in [1.54, 1.807) is 11.8 Å². The highest BCUT2D eigenvalue weighted by atomic mass is 32.2. The summed E-state index contributed by atoms with van der Waals surface area (Å²) in [4.78, 5) is 0. The van der Waals surface area contributed by atoms with Gasteiger partial charge in [0.05, 0.1) is 6.10 Å². The van der Waals surface area contributed by atoms with E-state index in [1.807, 2.05) is 12.2 Å². The van der Waals surface area contributed by atoms with Gasteiger partial charge >= 0.3 is 0 Å². The van der Waals surface area contributed by atoms with E-state index in [1.165, 1.54) is 17.5 Å². The zero-order valence-corrected chi connectivity index (χ0v) is 18.1. The van der Waals surface area contributed by atoms with Crippen LogP contribution in [0.25, 0.3) is 0 Å². The molecule has 1 aliphatic carbocycles. The van der Waals surface area contributed by atoms with Gasteiger partial charge in [-0.25, -0.2) is 0 Å². The van der Waals surface area contributed by atoms with Crippen molar-refractivity contribution in [3.63, 3.8) is 0 Å². The summed E-state index contributed by atoms with van der Waals surface area (Å²) in [5.41, 5.74) is 2.81. The second-order valence-electron chi connectivity index (χ2n) is 8.40. The predicted octanol–water partition coefficient (Wildman–Crippen LogP) is 6.46. The summed E-state index contributed by atoms with van der Waals surface area (Å²) in [6, 6.07) is 8.81. The Balaban J connectivity index is 1.43. The van der Waals surface area contributed by atoms with Crippen molar-refractivity contribution in [2.75, 3.05) is 6.61 Å². The minimum Gasteiger partial charge on any atom is -0.455 e. The molecule has 1 fully saturated rings. The van der Waals surface area contributed by atoms with E-state index in [4.69, 9.17) is 14.2 Å². The molecule has 2 aliphatic rings. The molecule has 2 unspecified atom stereocenters. The van der Waals surface area contributed by atoms with E-state index in [2.05, 4.69) is 57.7 Å². The lowest BCUT2D eigenvalue weighted by Gasteiger charge is -2.28. The van der Waals surface area contributed by atoms with Gasteiger partial charge in [0.25, 0.3) is 0 Å². The van der Waals surface area contributed by atoms with Crippen LogP contribution in [0.5, 0.6) is 0 Å². The molecule has 152 valence electrons. The fourth-order valence-corrected chi connectivity index (χ4v) is 3.93. The smallest absolute Gasteiger partial charge is 0.158 e. The first kappa shape index (κ1) is 21.2. The highest BCUT2D eigenvalue weighted by molar-refractivity contribution is 8.02. The van der Waals surface area contributed by atoms with Gasteiger partial charge in [0, 0.05) is 18.8 Å². The Kier molecular flexibility index (Phi) is 7.44. The Hall–Kier alpha value is -1.49. The first-order chi connectivity index (χ1) is 13.4. The summed E-state index contributed by atoms with van der Waals surface area (Å²) in [5, 5.41) is 0.717. The summed E-state index contributed by atoms with van der Waals surface area (Å²) >= 11 is 1.63. The molecule has 0 bridgehead atoms. The maximum atomic E-state index is 6.05. The maximum Gasteiger partial charge on any atom is 0.158 e. The number of ether oxygens (including phenoxy) is 3. The largest absolute Gasteiger partial charge is 0.455 e. The van der Waals surface area contributed by atoms with E-state index in [-0.39, 0.29) is 17.8 Å². The first-order valence-corrected chi connectivity index (χ1v) is 11.1. The summed E-state index contributed by atoms with van der Waals surface area (Å²) in [7, 11) is 0. The molecule has 28 heavy (non-hydrogen) atoms. The molecule has 3 rings (SSSR count). The van der Waals surface area contributed by atoms with Crippen LogP contribution in [0.2, 0.25) is 0 Å². The summed E-state index contributed by atoms with van der Waals surface area (Å²) < 4.78 is 17.7. The minimum absolute atomic E-state index is 0.00541. The molecule has 0 radical (unpaired) electrons. The Morgan fingerprint density at radius 2 is 2.00 bits per heavy atom. The van der Waals surface area contributed by atoms with Crippen LogP contribution in [0.3, 0.4) is 0 Å². The van der Waals surface area contributed by atoms with Gasteiger partial charge in [0.1, 0.15) is 5.76 Å². The third kappa shape index (κ3) is 6.54. The number of rotatable bonds is 7. The molecule has 0 spiro atoms.